The molecule has 10 rings (SSSR count). The van der Waals surface area contributed by atoms with Gasteiger partial charge in [0.15, 0.2) is 0 Å². The van der Waals surface area contributed by atoms with E-state index in [4.69, 9.17) is 0 Å². The first-order valence-corrected chi connectivity index (χ1v) is 18.8. The van der Waals surface area contributed by atoms with Crippen LogP contribution in [0.3, 0.4) is 0 Å². The van der Waals surface area contributed by atoms with Crippen molar-refractivity contribution >= 4 is 32.3 Å². The average Bonchev–Trinajstić information content (AvgIpc) is 3.43. The van der Waals surface area contributed by atoms with Gasteiger partial charge in [-0.2, -0.15) is 0 Å². The second kappa shape index (κ2) is 11.9. The third-order valence-electron chi connectivity index (χ3n) is 11.9. The van der Waals surface area contributed by atoms with Gasteiger partial charge in [0.25, 0.3) is 0 Å². The van der Waals surface area contributed by atoms with E-state index in [1.165, 1.54) is 110 Å². The highest BCUT2D eigenvalue weighted by Gasteiger charge is 2.36. The molecule has 9 aromatic rings. The molecule has 0 heterocycles. The monoisotopic (exact) mass is 676 g/mol. The highest BCUT2D eigenvalue weighted by atomic mass is 14.4. The standard InChI is InChI=1S/C53H40/c1-33-14-5-7-18-40(33)46-32-39(25-24-34(46)2)51-44-22-11-9-20-42(44)50(43-21-10-12-23-45(43)51)38-17-13-16-36(30-38)37-27-28-48-47(31-37)52-41-19-8-6-15-35(41)26-29-49(52)53(48,3)4/h5-32H,1-4H3. The zero-order valence-electron chi connectivity index (χ0n) is 30.7. The van der Waals surface area contributed by atoms with Crippen molar-refractivity contribution in [3.05, 3.63) is 192 Å². The van der Waals surface area contributed by atoms with Crippen LogP contribution in [0, 0.1) is 13.8 Å². The van der Waals surface area contributed by atoms with Crippen molar-refractivity contribution in [3.8, 4) is 55.6 Å². The van der Waals surface area contributed by atoms with Crippen molar-refractivity contribution in [1.82, 2.24) is 0 Å². The molecule has 0 N–H and O–H groups in total. The topological polar surface area (TPSA) is 0 Å². The Balaban J connectivity index is 1.16. The van der Waals surface area contributed by atoms with E-state index in [1.807, 2.05) is 0 Å². The maximum atomic E-state index is 2.44. The summed E-state index contributed by atoms with van der Waals surface area (Å²) in [4.78, 5) is 0. The molecule has 0 fully saturated rings. The number of hydrogen-bond acceptors (Lipinski definition) is 0. The van der Waals surface area contributed by atoms with Crippen LogP contribution >= 0.6 is 0 Å². The second-order valence-corrected chi connectivity index (χ2v) is 15.4. The van der Waals surface area contributed by atoms with Crippen LogP contribution < -0.4 is 0 Å². The minimum atomic E-state index is -0.0488. The molecule has 0 heteroatoms. The first kappa shape index (κ1) is 31.5. The van der Waals surface area contributed by atoms with Crippen LogP contribution in [0.25, 0.3) is 88.0 Å². The van der Waals surface area contributed by atoms with Gasteiger partial charge in [0.2, 0.25) is 0 Å². The van der Waals surface area contributed by atoms with Gasteiger partial charge in [0.1, 0.15) is 0 Å². The Hall–Kier alpha value is -6.24. The molecule has 0 spiro atoms. The number of aryl methyl sites for hydroxylation is 2. The third kappa shape index (κ3) is 4.83. The van der Waals surface area contributed by atoms with Crippen molar-refractivity contribution in [3.63, 3.8) is 0 Å². The predicted octanol–water partition coefficient (Wildman–Crippen LogP) is 14.7. The number of benzene rings is 9. The van der Waals surface area contributed by atoms with Crippen molar-refractivity contribution in [1.29, 1.82) is 0 Å². The first-order chi connectivity index (χ1) is 25.9. The largest absolute Gasteiger partial charge is 0.0620 e. The number of fused-ring (bicyclic) bond motifs is 7. The van der Waals surface area contributed by atoms with Gasteiger partial charge < -0.3 is 0 Å². The van der Waals surface area contributed by atoms with Crippen LogP contribution in [0.4, 0.5) is 0 Å². The van der Waals surface area contributed by atoms with Crippen LogP contribution in [0.2, 0.25) is 0 Å². The summed E-state index contributed by atoms with van der Waals surface area (Å²) in [6.07, 6.45) is 0. The van der Waals surface area contributed by atoms with Crippen molar-refractivity contribution in [2.24, 2.45) is 0 Å². The number of rotatable bonds is 4. The Morgan fingerprint density at radius 1 is 0.321 bits per heavy atom. The molecular formula is C53H40. The van der Waals surface area contributed by atoms with E-state index in [1.54, 1.807) is 0 Å². The molecule has 0 aromatic heterocycles. The fourth-order valence-corrected chi connectivity index (χ4v) is 9.25. The van der Waals surface area contributed by atoms with Crippen LogP contribution in [-0.2, 0) is 5.41 Å². The van der Waals surface area contributed by atoms with Gasteiger partial charge in [-0.15, -0.1) is 0 Å². The second-order valence-electron chi connectivity index (χ2n) is 15.4. The normalized spacial score (nSPS) is 13.1. The lowest BCUT2D eigenvalue weighted by molar-refractivity contribution is 0.661. The van der Waals surface area contributed by atoms with Gasteiger partial charge in [0.05, 0.1) is 0 Å². The van der Waals surface area contributed by atoms with Gasteiger partial charge in [-0.3, -0.25) is 0 Å². The van der Waals surface area contributed by atoms with E-state index in [-0.39, 0.29) is 5.41 Å². The Morgan fingerprint density at radius 2 is 0.830 bits per heavy atom. The van der Waals surface area contributed by atoms with Gasteiger partial charge in [0, 0.05) is 5.41 Å². The third-order valence-corrected chi connectivity index (χ3v) is 11.9. The number of hydrogen-bond donors (Lipinski definition) is 0. The Kier molecular flexibility index (Phi) is 7.07. The first-order valence-electron chi connectivity index (χ1n) is 18.8. The van der Waals surface area contributed by atoms with E-state index >= 15 is 0 Å². The molecule has 9 aromatic carbocycles. The summed E-state index contributed by atoms with van der Waals surface area (Å²) in [5.74, 6) is 0. The maximum Gasteiger partial charge on any atom is 0.0159 e. The molecule has 53 heavy (non-hydrogen) atoms. The summed E-state index contributed by atoms with van der Waals surface area (Å²) < 4.78 is 0. The summed E-state index contributed by atoms with van der Waals surface area (Å²) in [6.45, 7) is 9.17. The van der Waals surface area contributed by atoms with Crippen LogP contribution in [-0.4, -0.2) is 0 Å². The average molecular weight is 677 g/mol. The molecule has 0 unspecified atom stereocenters. The highest BCUT2D eigenvalue weighted by Crippen LogP contribution is 2.52. The molecule has 0 radical (unpaired) electrons. The lowest BCUT2D eigenvalue weighted by Gasteiger charge is -2.21. The lowest BCUT2D eigenvalue weighted by Crippen LogP contribution is -2.14. The molecule has 0 bridgehead atoms. The van der Waals surface area contributed by atoms with Gasteiger partial charge >= 0.3 is 0 Å². The minimum absolute atomic E-state index is 0.0488. The van der Waals surface area contributed by atoms with Crippen molar-refractivity contribution in [2.75, 3.05) is 0 Å². The Bertz CT molecular complexity index is 2880. The zero-order chi connectivity index (χ0) is 35.8. The summed E-state index contributed by atoms with van der Waals surface area (Å²) in [6, 6.07) is 63.5. The fraction of sp³-hybridized carbons (Fsp3) is 0.0943. The molecule has 1 aliphatic rings. The minimum Gasteiger partial charge on any atom is -0.0620 e. The highest BCUT2D eigenvalue weighted by molar-refractivity contribution is 6.21. The van der Waals surface area contributed by atoms with Gasteiger partial charge in [-0.05, 0) is 142 Å². The Labute approximate surface area is 312 Å². The van der Waals surface area contributed by atoms with Crippen molar-refractivity contribution < 1.29 is 0 Å². The van der Waals surface area contributed by atoms with E-state index in [9.17, 15) is 0 Å². The quantitative estimate of drug-likeness (QED) is 0.163. The van der Waals surface area contributed by atoms with E-state index in [0.717, 1.165) is 0 Å². The van der Waals surface area contributed by atoms with Crippen LogP contribution in [0.1, 0.15) is 36.1 Å². The summed E-state index contributed by atoms with van der Waals surface area (Å²) in [5.41, 5.74) is 18.2. The van der Waals surface area contributed by atoms with Crippen molar-refractivity contribution in [2.45, 2.75) is 33.1 Å². The van der Waals surface area contributed by atoms with Crippen LogP contribution in [0.5, 0.6) is 0 Å². The van der Waals surface area contributed by atoms with Crippen LogP contribution in [0.15, 0.2) is 170 Å². The molecule has 1 aliphatic carbocycles. The summed E-state index contributed by atoms with van der Waals surface area (Å²) in [5, 5.41) is 7.71. The molecule has 0 nitrogen and oxygen atoms in total. The molecular weight excluding hydrogens is 637 g/mol. The summed E-state index contributed by atoms with van der Waals surface area (Å²) >= 11 is 0. The molecule has 0 atom stereocenters. The molecule has 252 valence electrons. The smallest absolute Gasteiger partial charge is 0.0159 e. The lowest BCUT2D eigenvalue weighted by atomic mass is 9.81. The molecule has 0 saturated heterocycles. The molecule has 0 saturated carbocycles. The SMILES string of the molecule is Cc1ccccc1-c1cc(-c2c3ccccc3c(-c3cccc(-c4ccc5c(c4)-c4c(ccc6ccccc46)C5(C)C)c3)c3ccccc23)ccc1C. The van der Waals surface area contributed by atoms with E-state index in [0.29, 0.717) is 0 Å². The molecule has 0 aliphatic heterocycles. The van der Waals surface area contributed by atoms with E-state index < -0.39 is 0 Å². The van der Waals surface area contributed by atoms with Gasteiger partial charge in [-0.25, -0.2) is 0 Å². The zero-order valence-corrected chi connectivity index (χ0v) is 30.7. The molecule has 0 amide bonds. The fourth-order valence-electron chi connectivity index (χ4n) is 9.25. The van der Waals surface area contributed by atoms with Gasteiger partial charge in [-0.1, -0.05) is 166 Å². The predicted molar refractivity (Wildman–Crippen MR) is 228 cm³/mol. The maximum absolute atomic E-state index is 2.44. The van der Waals surface area contributed by atoms with E-state index in [2.05, 4.69) is 198 Å². The Morgan fingerprint density at radius 3 is 1.53 bits per heavy atom. The summed E-state index contributed by atoms with van der Waals surface area (Å²) in [7, 11) is 0.